The van der Waals surface area contributed by atoms with E-state index in [1.165, 1.54) is 263 Å². The van der Waals surface area contributed by atoms with Crippen molar-refractivity contribution in [1.82, 2.24) is 0 Å². The van der Waals surface area contributed by atoms with Gasteiger partial charge in [0.05, 0.1) is 40.3 Å². The molecule has 0 fully saturated rings. The van der Waals surface area contributed by atoms with E-state index < -0.39 is 24.3 Å². The van der Waals surface area contributed by atoms with Gasteiger partial charge in [0.25, 0.3) is 0 Å². The summed E-state index contributed by atoms with van der Waals surface area (Å²) < 4.78 is 22.9. The van der Waals surface area contributed by atoms with Crippen molar-refractivity contribution in [1.29, 1.82) is 0 Å². The lowest BCUT2D eigenvalue weighted by Crippen LogP contribution is -2.44. The predicted molar refractivity (Wildman–Crippen MR) is 426 cm³/mol. The first-order valence-electron chi connectivity index (χ1n) is 42.0. The van der Waals surface area contributed by atoms with Crippen LogP contribution in [0.1, 0.15) is 386 Å². The van der Waals surface area contributed by atoms with Crippen molar-refractivity contribution in [3.8, 4) is 0 Å². The van der Waals surface area contributed by atoms with Gasteiger partial charge in [-0.1, -0.05) is 386 Å². The Morgan fingerprint density at radius 1 is 0.303 bits per heavy atom. The standard InChI is InChI=1S/C90H159NO8/c1-6-8-10-12-14-16-18-20-22-24-26-28-30-32-34-36-38-40-42-43-44-45-47-49-51-53-55-57-59-61-63-65-67-69-71-73-75-77-79-81-88(93)99-86(85-98-90(89(94)95)96-83-82-91(3,4)5)84-97-87(92)80-78-76-74-72-70-68-66-64-62-60-58-56-54-52-50-48-46-41-39-37-35-33-31-29-27-25-23-21-19-17-15-13-11-9-7-2/h8-11,14-17,20-23,26-29,32,34,86,90H,6-7,12-13,18-19,24-25,30-31,33,35-85H2,1-5H3/b10-8-,11-9-,16-14-,17-15-,22-20-,23-21-,28-26-,29-27-,34-32-. The number of rotatable bonds is 78. The molecule has 0 aromatic carbocycles. The molecular weight excluding hydrogens is 1220 g/mol. The van der Waals surface area contributed by atoms with Gasteiger partial charge in [-0.15, -0.1) is 0 Å². The molecule has 0 bridgehead atoms. The molecule has 0 radical (unpaired) electrons. The van der Waals surface area contributed by atoms with Crippen LogP contribution in [0.25, 0.3) is 0 Å². The van der Waals surface area contributed by atoms with Crippen LogP contribution in [0.2, 0.25) is 0 Å². The SMILES string of the molecule is CC/C=C\C/C=C\C/C=C\C/C=C\C/C=C\CCCCCCCCCCCCCCCCCCCCCCCCCC(=O)OC(COC(=O)CCCCCCCCCCCCCCCCCCCCCCCC/C=C\C/C=C\C/C=C\C/C=C\CC)COC(OCC[N+](C)(C)C)C(=O)[O-]. The molecule has 0 rings (SSSR count). The highest BCUT2D eigenvalue weighted by molar-refractivity contribution is 5.70. The minimum atomic E-state index is -1.62. The van der Waals surface area contributed by atoms with Gasteiger partial charge in [0.2, 0.25) is 0 Å². The number of ether oxygens (including phenoxy) is 4. The number of carbonyl (C=O) groups excluding carboxylic acids is 3. The number of hydrogen-bond donors (Lipinski definition) is 0. The molecule has 0 N–H and O–H groups in total. The maximum absolute atomic E-state index is 13.0. The molecule has 0 aliphatic heterocycles. The van der Waals surface area contributed by atoms with Gasteiger partial charge in [-0.05, 0) is 96.3 Å². The highest BCUT2D eigenvalue weighted by Gasteiger charge is 2.22. The van der Waals surface area contributed by atoms with Crippen LogP contribution in [0.15, 0.2) is 109 Å². The van der Waals surface area contributed by atoms with E-state index in [0.29, 0.717) is 23.9 Å². The number of quaternary nitrogens is 1. The van der Waals surface area contributed by atoms with E-state index in [0.717, 1.165) is 89.9 Å². The number of carboxylic acids is 1. The lowest BCUT2D eigenvalue weighted by molar-refractivity contribution is -0.870. The number of aliphatic carboxylic acids is 1. The molecule has 0 aromatic heterocycles. The third-order valence-corrected chi connectivity index (χ3v) is 18.5. The monoisotopic (exact) mass is 1380 g/mol. The first-order valence-corrected chi connectivity index (χ1v) is 42.0. The normalized spacial score (nSPS) is 13.2. The summed E-state index contributed by atoms with van der Waals surface area (Å²) in [6.07, 6.45) is 109. The second-order valence-corrected chi connectivity index (χ2v) is 29.4. The molecule has 572 valence electrons. The van der Waals surface area contributed by atoms with Crippen LogP contribution in [-0.2, 0) is 33.3 Å². The van der Waals surface area contributed by atoms with Gasteiger partial charge in [0, 0.05) is 12.8 Å². The van der Waals surface area contributed by atoms with Crippen molar-refractivity contribution >= 4 is 17.9 Å². The summed E-state index contributed by atoms with van der Waals surface area (Å²) >= 11 is 0. The molecule has 99 heavy (non-hydrogen) atoms. The van der Waals surface area contributed by atoms with Crippen LogP contribution in [0.3, 0.4) is 0 Å². The lowest BCUT2D eigenvalue weighted by atomic mass is 10.0. The van der Waals surface area contributed by atoms with Gasteiger partial charge < -0.3 is 33.3 Å². The number of carboxylic acid groups (broad SMARTS) is 1. The predicted octanol–water partition coefficient (Wildman–Crippen LogP) is 25.9. The van der Waals surface area contributed by atoms with Crippen LogP contribution in [-0.4, -0.2) is 82.3 Å². The van der Waals surface area contributed by atoms with E-state index >= 15 is 0 Å². The van der Waals surface area contributed by atoms with E-state index in [4.69, 9.17) is 18.9 Å². The molecule has 0 aliphatic rings. The van der Waals surface area contributed by atoms with Crippen molar-refractivity contribution in [3.05, 3.63) is 109 Å². The van der Waals surface area contributed by atoms with Gasteiger partial charge >= 0.3 is 11.9 Å². The molecule has 2 atom stereocenters. The van der Waals surface area contributed by atoms with E-state index in [9.17, 15) is 19.5 Å². The summed E-state index contributed by atoms with van der Waals surface area (Å²) in [5, 5.41) is 11.9. The van der Waals surface area contributed by atoms with Crippen molar-refractivity contribution < 1.29 is 42.9 Å². The largest absolute Gasteiger partial charge is 0.545 e. The number of esters is 2. The van der Waals surface area contributed by atoms with Crippen molar-refractivity contribution in [2.45, 2.75) is 399 Å². The second kappa shape index (κ2) is 79.6. The van der Waals surface area contributed by atoms with Gasteiger partial charge in [-0.3, -0.25) is 9.59 Å². The molecule has 0 spiro atoms. The summed E-state index contributed by atoms with van der Waals surface area (Å²) in [5.41, 5.74) is 0. The van der Waals surface area contributed by atoms with E-state index in [1.807, 2.05) is 21.1 Å². The van der Waals surface area contributed by atoms with Crippen LogP contribution < -0.4 is 5.11 Å². The second-order valence-electron chi connectivity index (χ2n) is 29.4. The zero-order valence-corrected chi connectivity index (χ0v) is 65.6. The van der Waals surface area contributed by atoms with Crippen LogP contribution >= 0.6 is 0 Å². The summed E-state index contributed by atoms with van der Waals surface area (Å²) in [6, 6.07) is 0. The van der Waals surface area contributed by atoms with E-state index in [1.54, 1.807) is 0 Å². The molecule has 9 nitrogen and oxygen atoms in total. The Labute approximate surface area is 613 Å². The molecule has 0 aromatic rings. The highest BCUT2D eigenvalue weighted by atomic mass is 16.7. The number of likely N-dealkylation sites (N-methyl/N-ethyl adjacent to an activating group) is 1. The fraction of sp³-hybridized carbons (Fsp3) is 0.767. The van der Waals surface area contributed by atoms with E-state index in [2.05, 4.69) is 123 Å². The van der Waals surface area contributed by atoms with Crippen molar-refractivity contribution in [3.63, 3.8) is 0 Å². The van der Waals surface area contributed by atoms with Crippen LogP contribution in [0.4, 0.5) is 0 Å². The highest BCUT2D eigenvalue weighted by Crippen LogP contribution is 2.20. The third-order valence-electron chi connectivity index (χ3n) is 18.5. The molecule has 0 aliphatic carbocycles. The minimum absolute atomic E-state index is 0.148. The number of allylic oxidation sites excluding steroid dienone is 18. The zero-order chi connectivity index (χ0) is 71.8. The first kappa shape index (κ1) is 94.9. The smallest absolute Gasteiger partial charge is 0.306 e. The topological polar surface area (TPSA) is 111 Å². The first-order chi connectivity index (χ1) is 48.6. The Bertz CT molecular complexity index is 2000. The summed E-state index contributed by atoms with van der Waals surface area (Å²) in [6.45, 7) is 4.58. The van der Waals surface area contributed by atoms with Crippen LogP contribution in [0, 0.1) is 0 Å². The van der Waals surface area contributed by atoms with Crippen LogP contribution in [0.5, 0.6) is 0 Å². The molecule has 0 heterocycles. The molecule has 0 saturated carbocycles. The Kier molecular flexibility index (Phi) is 76.4. The third kappa shape index (κ3) is 81.1. The van der Waals surface area contributed by atoms with Gasteiger partial charge in [-0.25, -0.2) is 0 Å². The van der Waals surface area contributed by atoms with Crippen molar-refractivity contribution in [2.24, 2.45) is 0 Å². The lowest BCUT2D eigenvalue weighted by Gasteiger charge is -2.26. The maximum Gasteiger partial charge on any atom is 0.306 e. The Morgan fingerprint density at radius 2 is 0.545 bits per heavy atom. The number of nitrogens with zero attached hydrogens (tertiary/aromatic N) is 1. The molecular formula is C90H159NO8. The number of hydrogen-bond acceptors (Lipinski definition) is 8. The minimum Gasteiger partial charge on any atom is -0.545 e. The average molecular weight is 1380 g/mol. The molecule has 2 unspecified atom stereocenters. The molecule has 9 heteroatoms. The Balaban J connectivity index is 3.95. The fourth-order valence-corrected chi connectivity index (χ4v) is 12.2. The Morgan fingerprint density at radius 3 is 0.808 bits per heavy atom. The quantitative estimate of drug-likeness (QED) is 0.0195. The number of unbranched alkanes of at least 4 members (excludes halogenated alkanes) is 45. The molecule has 0 amide bonds. The van der Waals surface area contributed by atoms with Gasteiger partial charge in [0.1, 0.15) is 13.2 Å². The maximum atomic E-state index is 13.0. The van der Waals surface area contributed by atoms with Gasteiger partial charge in [0.15, 0.2) is 12.4 Å². The summed E-state index contributed by atoms with van der Waals surface area (Å²) in [4.78, 5) is 37.7. The van der Waals surface area contributed by atoms with Gasteiger partial charge in [-0.2, -0.15) is 0 Å². The van der Waals surface area contributed by atoms with Crippen molar-refractivity contribution in [2.75, 3.05) is 47.5 Å². The molecule has 0 saturated heterocycles. The zero-order valence-electron chi connectivity index (χ0n) is 65.6. The van der Waals surface area contributed by atoms with E-state index in [-0.39, 0.29) is 32.2 Å². The summed E-state index contributed by atoms with van der Waals surface area (Å²) in [5.74, 6) is -2.26. The summed E-state index contributed by atoms with van der Waals surface area (Å²) in [7, 11) is 5.95. The fourth-order valence-electron chi connectivity index (χ4n) is 12.2. The average Bonchev–Trinajstić information content (AvgIpc) is 1.14. The number of carbonyl (C=O) groups is 3. The Hall–Kier alpha value is -4.05.